The molecule has 0 aromatic heterocycles. The molecule has 1 fully saturated rings. The molecule has 1 saturated heterocycles. The zero-order chi connectivity index (χ0) is 25.1. The molecule has 0 bridgehead atoms. The second-order valence-corrected chi connectivity index (χ2v) is 10.1. The number of amides is 2. The number of esters is 1. The van der Waals surface area contributed by atoms with E-state index in [1.165, 1.54) is 30.2 Å². The van der Waals surface area contributed by atoms with Gasteiger partial charge >= 0.3 is 5.97 Å². The monoisotopic (exact) mass is 591 g/mol. The third-order valence-corrected chi connectivity index (χ3v) is 6.92. The molecular formula is C25H16BrCl2NO5S. The number of methoxy groups -OCH3 is 1. The first-order valence-electron chi connectivity index (χ1n) is 10.1. The van der Waals surface area contributed by atoms with Gasteiger partial charge < -0.3 is 9.47 Å². The summed E-state index contributed by atoms with van der Waals surface area (Å²) in [5.74, 6) is -0.810. The normalized spacial score (nSPS) is 14.5. The van der Waals surface area contributed by atoms with Crippen LogP contribution in [0.2, 0.25) is 10.0 Å². The van der Waals surface area contributed by atoms with Gasteiger partial charge in [-0.25, -0.2) is 4.79 Å². The van der Waals surface area contributed by atoms with Gasteiger partial charge in [-0.2, -0.15) is 0 Å². The smallest absolute Gasteiger partial charge is 0.343 e. The molecule has 35 heavy (non-hydrogen) atoms. The minimum atomic E-state index is -0.635. The standard InChI is InChI=1S/C25H16BrCl2NO5S/c1-33-20-11-15(10-19(28)22(20)34-24(31)16-4-8-18(27)9-5-16)12-21-23(30)29(25(32)35-21)13-14-2-6-17(26)7-3-14/h2-12H,13H2,1H3/b21-12-. The summed E-state index contributed by atoms with van der Waals surface area (Å²) in [6.07, 6.45) is 1.55. The first-order valence-corrected chi connectivity index (χ1v) is 12.5. The van der Waals surface area contributed by atoms with Gasteiger partial charge in [0.1, 0.15) is 0 Å². The minimum Gasteiger partial charge on any atom is -0.493 e. The zero-order valence-corrected chi connectivity index (χ0v) is 22.0. The molecular weight excluding hydrogens is 577 g/mol. The summed E-state index contributed by atoms with van der Waals surface area (Å²) in [5.41, 5.74) is 1.62. The third-order valence-electron chi connectivity index (χ3n) is 4.95. The molecule has 4 rings (SSSR count). The van der Waals surface area contributed by atoms with E-state index in [4.69, 9.17) is 32.7 Å². The van der Waals surface area contributed by atoms with Gasteiger partial charge in [-0.05, 0) is 77.5 Å². The van der Waals surface area contributed by atoms with Crippen LogP contribution in [0.4, 0.5) is 4.79 Å². The van der Waals surface area contributed by atoms with Crippen molar-refractivity contribution in [1.82, 2.24) is 4.90 Å². The van der Waals surface area contributed by atoms with Gasteiger partial charge in [0.2, 0.25) is 0 Å². The lowest BCUT2D eigenvalue weighted by Crippen LogP contribution is -2.27. The Morgan fingerprint density at radius 2 is 1.74 bits per heavy atom. The van der Waals surface area contributed by atoms with Crippen molar-refractivity contribution in [3.63, 3.8) is 0 Å². The van der Waals surface area contributed by atoms with E-state index < -0.39 is 11.9 Å². The van der Waals surface area contributed by atoms with Gasteiger partial charge in [-0.3, -0.25) is 14.5 Å². The van der Waals surface area contributed by atoms with E-state index in [1.807, 2.05) is 24.3 Å². The molecule has 0 saturated carbocycles. The molecule has 0 N–H and O–H groups in total. The molecule has 6 nitrogen and oxygen atoms in total. The fraction of sp³-hybridized carbons (Fsp3) is 0.0800. The van der Waals surface area contributed by atoms with E-state index in [2.05, 4.69) is 15.9 Å². The molecule has 10 heteroatoms. The summed E-state index contributed by atoms with van der Waals surface area (Å²) in [4.78, 5) is 39.3. The lowest BCUT2D eigenvalue weighted by atomic mass is 10.1. The van der Waals surface area contributed by atoms with Crippen LogP contribution in [0.5, 0.6) is 11.5 Å². The number of thioether (sulfide) groups is 1. The van der Waals surface area contributed by atoms with E-state index in [9.17, 15) is 14.4 Å². The fourth-order valence-corrected chi connectivity index (χ4v) is 4.71. The molecule has 1 heterocycles. The Morgan fingerprint density at radius 1 is 1.06 bits per heavy atom. The molecule has 1 aliphatic heterocycles. The number of rotatable bonds is 6. The number of carbonyl (C=O) groups excluding carboxylic acids is 3. The molecule has 0 spiro atoms. The van der Waals surface area contributed by atoms with E-state index in [-0.39, 0.29) is 38.8 Å². The Bertz CT molecular complexity index is 1340. The Hall–Kier alpha value is -2.78. The van der Waals surface area contributed by atoms with E-state index in [0.717, 1.165) is 21.8 Å². The van der Waals surface area contributed by atoms with Crippen molar-refractivity contribution in [2.24, 2.45) is 0 Å². The molecule has 0 unspecified atom stereocenters. The van der Waals surface area contributed by atoms with Crippen LogP contribution in [0, 0.1) is 0 Å². The highest BCUT2D eigenvalue weighted by atomic mass is 79.9. The predicted molar refractivity (Wildman–Crippen MR) is 140 cm³/mol. The van der Waals surface area contributed by atoms with Crippen LogP contribution < -0.4 is 9.47 Å². The van der Waals surface area contributed by atoms with Gasteiger partial charge in [0.15, 0.2) is 11.5 Å². The third kappa shape index (κ3) is 5.90. The molecule has 1 aliphatic rings. The highest BCUT2D eigenvalue weighted by Gasteiger charge is 2.35. The SMILES string of the molecule is COc1cc(/C=C2\SC(=O)N(Cc3ccc(Br)cc3)C2=O)cc(Cl)c1OC(=O)c1ccc(Cl)cc1. The number of hydrogen-bond donors (Lipinski definition) is 0. The summed E-state index contributed by atoms with van der Waals surface area (Å²) in [6, 6.07) is 16.7. The Balaban J connectivity index is 1.55. The van der Waals surface area contributed by atoms with Crippen molar-refractivity contribution in [1.29, 1.82) is 0 Å². The van der Waals surface area contributed by atoms with Crippen molar-refractivity contribution < 1.29 is 23.9 Å². The van der Waals surface area contributed by atoms with Gasteiger partial charge in [-0.1, -0.05) is 51.3 Å². The molecule has 0 aliphatic carbocycles. The van der Waals surface area contributed by atoms with Crippen molar-refractivity contribution in [2.75, 3.05) is 7.11 Å². The summed E-state index contributed by atoms with van der Waals surface area (Å²) in [5, 5.41) is 0.227. The number of imide groups is 1. The van der Waals surface area contributed by atoms with Gasteiger partial charge in [-0.15, -0.1) is 0 Å². The number of hydrogen-bond acceptors (Lipinski definition) is 6. The maximum atomic E-state index is 12.9. The van der Waals surface area contributed by atoms with Crippen LogP contribution in [0.25, 0.3) is 6.08 Å². The van der Waals surface area contributed by atoms with Crippen LogP contribution in [0.3, 0.4) is 0 Å². The molecule has 3 aromatic rings. The highest BCUT2D eigenvalue weighted by Crippen LogP contribution is 2.39. The lowest BCUT2D eigenvalue weighted by molar-refractivity contribution is -0.123. The molecule has 2 amide bonds. The Labute approximate surface area is 223 Å². The van der Waals surface area contributed by atoms with Crippen molar-refractivity contribution in [2.45, 2.75) is 6.54 Å². The van der Waals surface area contributed by atoms with Crippen molar-refractivity contribution in [3.05, 3.63) is 96.8 Å². The summed E-state index contributed by atoms with van der Waals surface area (Å²) >= 11 is 16.5. The Morgan fingerprint density at radius 3 is 2.40 bits per heavy atom. The first-order chi connectivity index (χ1) is 16.7. The quantitative estimate of drug-likeness (QED) is 0.171. The topological polar surface area (TPSA) is 72.9 Å². The largest absolute Gasteiger partial charge is 0.493 e. The summed E-state index contributed by atoms with van der Waals surface area (Å²) in [6.45, 7) is 0.166. The summed E-state index contributed by atoms with van der Waals surface area (Å²) < 4.78 is 11.7. The Kier molecular flexibility index (Phi) is 7.86. The maximum absolute atomic E-state index is 12.9. The predicted octanol–water partition coefficient (Wildman–Crippen LogP) is 7.22. The molecule has 3 aromatic carbocycles. The number of carbonyl (C=O) groups is 3. The van der Waals surface area contributed by atoms with Gasteiger partial charge in [0, 0.05) is 9.50 Å². The molecule has 0 radical (unpaired) electrons. The van der Waals surface area contributed by atoms with E-state index in [0.29, 0.717) is 10.6 Å². The van der Waals surface area contributed by atoms with Crippen LogP contribution in [0.1, 0.15) is 21.5 Å². The zero-order valence-electron chi connectivity index (χ0n) is 18.1. The second-order valence-electron chi connectivity index (χ2n) is 7.32. The fourth-order valence-electron chi connectivity index (χ4n) is 3.22. The number of ether oxygens (including phenoxy) is 2. The molecule has 178 valence electrons. The van der Waals surface area contributed by atoms with Gasteiger partial charge in [0.25, 0.3) is 11.1 Å². The van der Waals surface area contributed by atoms with Crippen molar-refractivity contribution in [3.8, 4) is 11.5 Å². The average molecular weight is 593 g/mol. The van der Waals surface area contributed by atoms with Crippen LogP contribution in [0.15, 0.2) is 70.0 Å². The highest BCUT2D eigenvalue weighted by molar-refractivity contribution is 9.10. The first kappa shape index (κ1) is 25.3. The lowest BCUT2D eigenvalue weighted by Gasteiger charge is -2.13. The number of nitrogens with zero attached hydrogens (tertiary/aromatic N) is 1. The number of benzene rings is 3. The summed E-state index contributed by atoms with van der Waals surface area (Å²) in [7, 11) is 1.40. The van der Waals surface area contributed by atoms with Crippen molar-refractivity contribution >= 4 is 74.1 Å². The van der Waals surface area contributed by atoms with E-state index in [1.54, 1.807) is 24.3 Å². The maximum Gasteiger partial charge on any atom is 0.343 e. The average Bonchev–Trinajstić information content (AvgIpc) is 3.09. The van der Waals surface area contributed by atoms with Gasteiger partial charge in [0.05, 0.1) is 29.1 Å². The van der Waals surface area contributed by atoms with Crippen LogP contribution in [-0.4, -0.2) is 29.1 Å². The van der Waals surface area contributed by atoms with Crippen LogP contribution in [-0.2, 0) is 11.3 Å². The van der Waals surface area contributed by atoms with E-state index >= 15 is 0 Å². The number of halogens is 3. The minimum absolute atomic E-state index is 0.0367. The van der Waals surface area contributed by atoms with Crippen LogP contribution >= 0.6 is 50.9 Å². The second kappa shape index (κ2) is 10.9. The molecule has 0 atom stereocenters.